The van der Waals surface area contributed by atoms with E-state index >= 15 is 0 Å². The molecule has 1 saturated carbocycles. The lowest BCUT2D eigenvalue weighted by molar-refractivity contribution is 0.0405. The Hall–Kier alpha value is -1.22. The monoisotopic (exact) mass is 264 g/mol. The summed E-state index contributed by atoms with van der Waals surface area (Å²) < 4.78 is 11.0. The van der Waals surface area contributed by atoms with Crippen LogP contribution in [0.25, 0.3) is 0 Å². The van der Waals surface area contributed by atoms with Gasteiger partial charge in [-0.25, -0.2) is 0 Å². The molecule has 0 aromatic heterocycles. The van der Waals surface area contributed by atoms with Crippen LogP contribution in [0.4, 0.5) is 0 Å². The molecule has 2 rings (SSSR count). The second-order valence-corrected chi connectivity index (χ2v) is 5.43. The van der Waals surface area contributed by atoms with E-state index in [0.29, 0.717) is 18.3 Å². The van der Waals surface area contributed by atoms with Crippen LogP contribution in [-0.4, -0.2) is 24.9 Å². The molecule has 1 fully saturated rings. The number of hydrogen-bond donors (Lipinski definition) is 1. The van der Waals surface area contributed by atoms with Crippen LogP contribution in [0.2, 0.25) is 0 Å². The normalized spacial score (nSPS) is 18.1. The lowest BCUT2D eigenvalue weighted by Crippen LogP contribution is -2.28. The predicted molar refractivity (Wildman–Crippen MR) is 75.8 cm³/mol. The van der Waals surface area contributed by atoms with Crippen LogP contribution < -0.4 is 9.47 Å². The van der Waals surface area contributed by atoms with Gasteiger partial charge in [0.15, 0.2) is 11.5 Å². The van der Waals surface area contributed by atoms with E-state index in [2.05, 4.69) is 0 Å². The summed E-state index contributed by atoms with van der Waals surface area (Å²) in [5.41, 5.74) is 1.14. The molecule has 1 N–H and O–H groups in total. The third kappa shape index (κ3) is 3.87. The first-order chi connectivity index (χ1) is 9.20. The van der Waals surface area contributed by atoms with Gasteiger partial charge in [0.2, 0.25) is 0 Å². The fraction of sp³-hybridized carbons (Fsp3) is 0.625. The lowest BCUT2D eigenvalue weighted by atomic mass is 9.85. The van der Waals surface area contributed by atoms with Crippen molar-refractivity contribution in [2.24, 2.45) is 5.92 Å². The molecule has 0 saturated heterocycles. The van der Waals surface area contributed by atoms with Crippen LogP contribution in [0.1, 0.15) is 37.7 Å². The minimum absolute atomic E-state index is 0.351. The SMILES string of the molecule is COc1cc(C)ccc1OCC(O)C1CCCCC1. The third-order valence-corrected chi connectivity index (χ3v) is 3.92. The van der Waals surface area contributed by atoms with E-state index in [4.69, 9.17) is 9.47 Å². The summed E-state index contributed by atoms with van der Waals surface area (Å²) in [5.74, 6) is 1.84. The second-order valence-electron chi connectivity index (χ2n) is 5.43. The molecule has 0 radical (unpaired) electrons. The molecule has 3 heteroatoms. The number of methoxy groups -OCH3 is 1. The zero-order valence-corrected chi connectivity index (χ0v) is 11.9. The molecule has 1 atom stereocenters. The number of hydrogen-bond acceptors (Lipinski definition) is 3. The van der Waals surface area contributed by atoms with Crippen LogP contribution in [0, 0.1) is 12.8 Å². The van der Waals surface area contributed by atoms with Crippen molar-refractivity contribution in [2.75, 3.05) is 13.7 Å². The first kappa shape index (κ1) is 14.2. The van der Waals surface area contributed by atoms with E-state index in [1.807, 2.05) is 25.1 Å². The average Bonchev–Trinajstić information content (AvgIpc) is 2.46. The van der Waals surface area contributed by atoms with Crippen LogP contribution in [0.3, 0.4) is 0 Å². The molecular weight excluding hydrogens is 240 g/mol. The summed E-state index contributed by atoms with van der Waals surface area (Å²) in [6.45, 7) is 2.37. The molecule has 1 aromatic carbocycles. The molecule has 1 unspecified atom stereocenters. The largest absolute Gasteiger partial charge is 0.493 e. The molecule has 0 spiro atoms. The number of rotatable bonds is 5. The second kappa shape index (κ2) is 6.80. The van der Waals surface area contributed by atoms with E-state index in [-0.39, 0.29) is 6.10 Å². The Morgan fingerprint density at radius 3 is 2.63 bits per heavy atom. The molecular formula is C16H24O3. The summed E-state index contributed by atoms with van der Waals surface area (Å²) >= 11 is 0. The molecule has 3 nitrogen and oxygen atoms in total. The van der Waals surface area contributed by atoms with E-state index in [9.17, 15) is 5.11 Å². The van der Waals surface area contributed by atoms with Crippen molar-refractivity contribution < 1.29 is 14.6 Å². The molecule has 1 aliphatic rings. The lowest BCUT2D eigenvalue weighted by Gasteiger charge is -2.26. The van der Waals surface area contributed by atoms with Crippen molar-refractivity contribution >= 4 is 0 Å². The highest BCUT2D eigenvalue weighted by atomic mass is 16.5. The standard InChI is InChI=1S/C16H24O3/c1-12-8-9-15(16(10-12)18-2)19-11-14(17)13-6-4-3-5-7-13/h8-10,13-14,17H,3-7,11H2,1-2H3. The Labute approximate surface area is 115 Å². The molecule has 0 heterocycles. The summed E-state index contributed by atoms with van der Waals surface area (Å²) in [4.78, 5) is 0. The van der Waals surface area contributed by atoms with Crippen molar-refractivity contribution in [3.8, 4) is 11.5 Å². The zero-order chi connectivity index (χ0) is 13.7. The Balaban J connectivity index is 1.90. The molecule has 0 aliphatic heterocycles. The number of aliphatic hydroxyl groups excluding tert-OH is 1. The topological polar surface area (TPSA) is 38.7 Å². The average molecular weight is 264 g/mol. The van der Waals surface area contributed by atoms with Crippen molar-refractivity contribution in [1.29, 1.82) is 0 Å². The maximum absolute atomic E-state index is 10.2. The van der Waals surface area contributed by atoms with Crippen LogP contribution >= 0.6 is 0 Å². The van der Waals surface area contributed by atoms with Gasteiger partial charge in [-0.3, -0.25) is 0 Å². The predicted octanol–water partition coefficient (Wildman–Crippen LogP) is 3.32. The van der Waals surface area contributed by atoms with Crippen molar-refractivity contribution in [3.05, 3.63) is 23.8 Å². The fourth-order valence-corrected chi connectivity index (χ4v) is 2.72. The van der Waals surface area contributed by atoms with Crippen LogP contribution in [0.15, 0.2) is 18.2 Å². The third-order valence-electron chi connectivity index (χ3n) is 3.92. The molecule has 1 aromatic rings. The number of benzene rings is 1. The van der Waals surface area contributed by atoms with Crippen LogP contribution in [-0.2, 0) is 0 Å². The van der Waals surface area contributed by atoms with E-state index in [1.54, 1.807) is 7.11 Å². The van der Waals surface area contributed by atoms with Gasteiger partial charge in [0.25, 0.3) is 0 Å². The molecule has 0 amide bonds. The van der Waals surface area contributed by atoms with E-state index < -0.39 is 0 Å². The van der Waals surface area contributed by atoms with Gasteiger partial charge in [-0.2, -0.15) is 0 Å². The van der Waals surface area contributed by atoms with Gasteiger partial charge in [0.05, 0.1) is 13.2 Å². The summed E-state index contributed by atoms with van der Waals surface area (Å²) in [6, 6.07) is 5.84. The van der Waals surface area contributed by atoms with Gasteiger partial charge in [0.1, 0.15) is 6.61 Å². The molecule has 1 aliphatic carbocycles. The van der Waals surface area contributed by atoms with E-state index in [0.717, 1.165) is 24.2 Å². The summed E-state index contributed by atoms with van der Waals surface area (Å²) in [6.07, 6.45) is 5.64. The maximum Gasteiger partial charge on any atom is 0.161 e. The minimum Gasteiger partial charge on any atom is -0.493 e. The highest BCUT2D eigenvalue weighted by molar-refractivity contribution is 5.42. The van der Waals surface area contributed by atoms with Gasteiger partial charge in [-0.05, 0) is 43.4 Å². The zero-order valence-electron chi connectivity index (χ0n) is 11.9. The Morgan fingerprint density at radius 1 is 1.21 bits per heavy atom. The van der Waals surface area contributed by atoms with Gasteiger partial charge in [-0.15, -0.1) is 0 Å². The van der Waals surface area contributed by atoms with Crippen molar-refractivity contribution in [2.45, 2.75) is 45.1 Å². The van der Waals surface area contributed by atoms with E-state index in [1.165, 1.54) is 19.3 Å². The highest BCUT2D eigenvalue weighted by Gasteiger charge is 2.22. The number of aryl methyl sites for hydroxylation is 1. The van der Waals surface area contributed by atoms with Gasteiger partial charge in [0, 0.05) is 0 Å². The summed E-state index contributed by atoms with van der Waals surface area (Å²) in [7, 11) is 1.64. The summed E-state index contributed by atoms with van der Waals surface area (Å²) in [5, 5.41) is 10.2. The number of aliphatic hydroxyl groups is 1. The smallest absolute Gasteiger partial charge is 0.161 e. The van der Waals surface area contributed by atoms with Crippen molar-refractivity contribution in [3.63, 3.8) is 0 Å². The fourth-order valence-electron chi connectivity index (χ4n) is 2.72. The maximum atomic E-state index is 10.2. The van der Waals surface area contributed by atoms with Gasteiger partial charge in [-0.1, -0.05) is 25.3 Å². The van der Waals surface area contributed by atoms with Crippen LogP contribution in [0.5, 0.6) is 11.5 Å². The minimum atomic E-state index is -0.369. The quantitative estimate of drug-likeness (QED) is 0.886. The van der Waals surface area contributed by atoms with Crippen molar-refractivity contribution in [1.82, 2.24) is 0 Å². The Bertz CT molecular complexity index is 397. The molecule has 0 bridgehead atoms. The first-order valence-corrected chi connectivity index (χ1v) is 7.16. The van der Waals surface area contributed by atoms with Gasteiger partial charge < -0.3 is 14.6 Å². The first-order valence-electron chi connectivity index (χ1n) is 7.16. The van der Waals surface area contributed by atoms with Gasteiger partial charge >= 0.3 is 0 Å². The highest BCUT2D eigenvalue weighted by Crippen LogP contribution is 2.30. The Morgan fingerprint density at radius 2 is 1.95 bits per heavy atom. The Kier molecular flexibility index (Phi) is 5.08. The number of ether oxygens (including phenoxy) is 2. The molecule has 106 valence electrons. The molecule has 19 heavy (non-hydrogen) atoms.